The number of aliphatic carboxylic acids is 1. The van der Waals surface area contributed by atoms with E-state index in [4.69, 9.17) is 0 Å². The summed E-state index contributed by atoms with van der Waals surface area (Å²) in [5.74, 6) is -1.95. The summed E-state index contributed by atoms with van der Waals surface area (Å²) in [6.07, 6.45) is 0.545. The molecule has 0 aromatic rings. The van der Waals surface area contributed by atoms with Crippen molar-refractivity contribution in [3.05, 3.63) is 0 Å². The maximum atomic E-state index is 12.3. The van der Waals surface area contributed by atoms with Crippen molar-refractivity contribution in [3.8, 4) is 0 Å². The van der Waals surface area contributed by atoms with Crippen LogP contribution in [0, 0.1) is 11.8 Å². The molecule has 6 nitrogen and oxygen atoms in total. The van der Waals surface area contributed by atoms with Crippen molar-refractivity contribution < 1.29 is 23.1 Å². The number of rotatable bonds is 2. The highest BCUT2D eigenvalue weighted by Crippen LogP contribution is 2.39. The second-order valence-electron chi connectivity index (χ2n) is 6.39. The highest BCUT2D eigenvalue weighted by molar-refractivity contribution is 7.91. The first-order valence-corrected chi connectivity index (χ1v) is 8.65. The van der Waals surface area contributed by atoms with Gasteiger partial charge in [0.1, 0.15) is 0 Å². The first-order valence-electron chi connectivity index (χ1n) is 6.83. The van der Waals surface area contributed by atoms with Crippen molar-refractivity contribution in [2.24, 2.45) is 11.8 Å². The van der Waals surface area contributed by atoms with Crippen molar-refractivity contribution in [2.45, 2.75) is 45.2 Å². The lowest BCUT2D eigenvalue weighted by atomic mass is 9.78. The van der Waals surface area contributed by atoms with Crippen LogP contribution in [0.15, 0.2) is 0 Å². The van der Waals surface area contributed by atoms with Gasteiger partial charge in [-0.05, 0) is 26.2 Å². The zero-order valence-corrected chi connectivity index (χ0v) is 12.8. The summed E-state index contributed by atoms with van der Waals surface area (Å²) in [5, 5.41) is 9.36. The van der Waals surface area contributed by atoms with Crippen LogP contribution in [-0.4, -0.2) is 53.4 Å². The average Bonchev–Trinajstić information content (AvgIpc) is 2.51. The molecule has 114 valence electrons. The third-order valence-electron chi connectivity index (χ3n) is 4.65. The molecule has 1 N–H and O–H groups in total. The van der Waals surface area contributed by atoms with Crippen LogP contribution in [0.4, 0.5) is 0 Å². The van der Waals surface area contributed by atoms with Crippen LogP contribution in [-0.2, 0) is 19.4 Å². The van der Waals surface area contributed by atoms with Crippen LogP contribution in [0.3, 0.4) is 0 Å². The number of piperidine rings is 1. The summed E-state index contributed by atoms with van der Waals surface area (Å²) < 4.78 is 23.5. The van der Waals surface area contributed by atoms with E-state index in [-0.39, 0.29) is 29.8 Å². The Morgan fingerprint density at radius 1 is 1.40 bits per heavy atom. The minimum atomic E-state index is -3.14. The lowest BCUT2D eigenvalue weighted by Gasteiger charge is -2.48. The van der Waals surface area contributed by atoms with Gasteiger partial charge in [0.05, 0.1) is 23.0 Å². The number of sulfone groups is 1. The number of hydrogen-bond donors (Lipinski definition) is 1. The third-order valence-corrected chi connectivity index (χ3v) is 6.54. The predicted molar refractivity (Wildman–Crippen MR) is 72.9 cm³/mol. The minimum Gasteiger partial charge on any atom is -0.481 e. The molecule has 2 aliphatic heterocycles. The molecule has 0 aromatic heterocycles. The van der Waals surface area contributed by atoms with E-state index in [1.165, 1.54) is 4.90 Å². The van der Waals surface area contributed by atoms with Gasteiger partial charge in [-0.2, -0.15) is 0 Å². The van der Waals surface area contributed by atoms with Crippen LogP contribution in [0.1, 0.15) is 33.6 Å². The molecular weight excluding hydrogens is 282 g/mol. The largest absolute Gasteiger partial charge is 0.481 e. The Labute approximate surface area is 119 Å². The van der Waals surface area contributed by atoms with Gasteiger partial charge in [-0.15, -0.1) is 0 Å². The van der Waals surface area contributed by atoms with Gasteiger partial charge in [0, 0.05) is 12.5 Å². The van der Waals surface area contributed by atoms with Gasteiger partial charge in [0.25, 0.3) is 0 Å². The Bertz CT molecular complexity index is 543. The SMILES string of the molecule is CC1CC(=O)N(C2(C)CCS(=O)(=O)C2)C(C)C1C(=O)O. The Morgan fingerprint density at radius 3 is 2.45 bits per heavy atom. The molecule has 2 aliphatic rings. The molecule has 2 fully saturated rings. The zero-order chi connectivity index (χ0) is 15.3. The Hall–Kier alpha value is -1.11. The van der Waals surface area contributed by atoms with Crippen molar-refractivity contribution in [2.75, 3.05) is 11.5 Å². The molecule has 2 rings (SSSR count). The molecule has 7 heteroatoms. The van der Waals surface area contributed by atoms with E-state index >= 15 is 0 Å². The molecule has 4 atom stereocenters. The Kier molecular flexibility index (Phi) is 3.60. The van der Waals surface area contributed by atoms with E-state index < -0.39 is 33.3 Å². The van der Waals surface area contributed by atoms with Crippen LogP contribution in [0.5, 0.6) is 0 Å². The number of carbonyl (C=O) groups excluding carboxylic acids is 1. The van der Waals surface area contributed by atoms with Crippen LogP contribution in [0.2, 0.25) is 0 Å². The van der Waals surface area contributed by atoms with E-state index in [0.29, 0.717) is 6.42 Å². The normalized spacial score (nSPS) is 40.9. The number of nitrogens with zero attached hydrogens (tertiary/aromatic N) is 1. The number of carboxylic acid groups (broad SMARTS) is 1. The fraction of sp³-hybridized carbons (Fsp3) is 0.846. The summed E-state index contributed by atoms with van der Waals surface area (Å²) in [4.78, 5) is 25.3. The van der Waals surface area contributed by atoms with E-state index in [0.717, 1.165) is 0 Å². The topological polar surface area (TPSA) is 91.8 Å². The maximum Gasteiger partial charge on any atom is 0.308 e. The monoisotopic (exact) mass is 303 g/mol. The minimum absolute atomic E-state index is 0.0628. The molecule has 0 saturated carbocycles. The van der Waals surface area contributed by atoms with E-state index in [1.807, 2.05) is 0 Å². The van der Waals surface area contributed by atoms with Gasteiger partial charge < -0.3 is 10.0 Å². The van der Waals surface area contributed by atoms with Crippen molar-refractivity contribution in [1.29, 1.82) is 0 Å². The number of likely N-dealkylation sites (tertiary alicyclic amines) is 1. The molecule has 0 spiro atoms. The first-order chi connectivity index (χ1) is 9.07. The second-order valence-corrected chi connectivity index (χ2v) is 8.57. The Morgan fingerprint density at radius 2 is 2.00 bits per heavy atom. The van der Waals surface area contributed by atoms with Gasteiger partial charge in [0.15, 0.2) is 9.84 Å². The van der Waals surface area contributed by atoms with Gasteiger partial charge in [0.2, 0.25) is 5.91 Å². The summed E-state index contributed by atoms with van der Waals surface area (Å²) >= 11 is 0. The van der Waals surface area contributed by atoms with Crippen LogP contribution < -0.4 is 0 Å². The molecule has 2 saturated heterocycles. The number of amides is 1. The number of carboxylic acids is 1. The highest BCUT2D eigenvalue weighted by Gasteiger charge is 2.52. The smallest absolute Gasteiger partial charge is 0.308 e. The lowest BCUT2D eigenvalue weighted by molar-refractivity contribution is -0.159. The molecule has 0 aliphatic carbocycles. The first kappa shape index (κ1) is 15.3. The summed E-state index contributed by atoms with van der Waals surface area (Å²) in [5.41, 5.74) is -0.775. The van der Waals surface area contributed by atoms with Gasteiger partial charge in [-0.25, -0.2) is 8.42 Å². The van der Waals surface area contributed by atoms with Crippen molar-refractivity contribution in [3.63, 3.8) is 0 Å². The predicted octanol–water partition coefficient (Wildman–Crippen LogP) is 0.521. The van der Waals surface area contributed by atoms with E-state index in [9.17, 15) is 23.1 Å². The van der Waals surface area contributed by atoms with E-state index in [2.05, 4.69) is 0 Å². The standard InChI is InChI=1S/C13H21NO5S/c1-8-6-10(15)14(9(2)11(8)12(16)17)13(3)4-5-20(18,19)7-13/h8-9,11H,4-7H2,1-3H3,(H,16,17). The molecule has 0 aromatic carbocycles. The average molecular weight is 303 g/mol. The second kappa shape index (κ2) is 4.72. The van der Waals surface area contributed by atoms with Crippen LogP contribution in [0.25, 0.3) is 0 Å². The molecule has 1 amide bonds. The van der Waals surface area contributed by atoms with Crippen molar-refractivity contribution in [1.82, 2.24) is 4.90 Å². The van der Waals surface area contributed by atoms with Gasteiger partial charge in [-0.1, -0.05) is 6.92 Å². The van der Waals surface area contributed by atoms with Gasteiger partial charge in [-0.3, -0.25) is 9.59 Å². The van der Waals surface area contributed by atoms with Crippen molar-refractivity contribution >= 4 is 21.7 Å². The quantitative estimate of drug-likeness (QED) is 0.803. The summed E-state index contributed by atoms with van der Waals surface area (Å²) in [6.45, 7) is 5.22. The zero-order valence-electron chi connectivity index (χ0n) is 12.0. The Balaban J connectivity index is 2.35. The molecular formula is C13H21NO5S. The maximum absolute atomic E-state index is 12.3. The van der Waals surface area contributed by atoms with Gasteiger partial charge >= 0.3 is 5.97 Å². The molecule has 0 bridgehead atoms. The number of carbonyl (C=O) groups is 2. The molecule has 20 heavy (non-hydrogen) atoms. The molecule has 4 unspecified atom stereocenters. The lowest BCUT2D eigenvalue weighted by Crippen LogP contribution is -2.61. The summed E-state index contributed by atoms with van der Waals surface area (Å²) in [7, 11) is -3.14. The molecule has 2 heterocycles. The highest BCUT2D eigenvalue weighted by atomic mass is 32.2. The molecule has 0 radical (unpaired) electrons. The fourth-order valence-corrected chi connectivity index (χ4v) is 5.92. The third kappa shape index (κ3) is 2.43. The van der Waals surface area contributed by atoms with E-state index in [1.54, 1.807) is 20.8 Å². The fourth-order valence-electron chi connectivity index (χ4n) is 3.79. The van der Waals surface area contributed by atoms with Crippen LogP contribution >= 0.6 is 0 Å². The number of hydrogen-bond acceptors (Lipinski definition) is 4. The summed E-state index contributed by atoms with van der Waals surface area (Å²) in [6, 6.07) is -0.484.